The molecule has 6 heteroatoms. The lowest BCUT2D eigenvalue weighted by atomic mass is 10.2. The van der Waals surface area contributed by atoms with Crippen LogP contribution in [-0.4, -0.2) is 24.6 Å². The first-order chi connectivity index (χ1) is 10.2. The van der Waals surface area contributed by atoms with Gasteiger partial charge in [-0.2, -0.15) is 0 Å². The Labute approximate surface area is 126 Å². The Kier molecular flexibility index (Phi) is 5.00. The molecule has 0 saturated carbocycles. The number of rotatable bonds is 6. The maximum absolute atomic E-state index is 11.6. The van der Waals surface area contributed by atoms with Crippen molar-refractivity contribution >= 4 is 17.9 Å². The minimum Gasteiger partial charge on any atom is -0.493 e. The molecule has 0 aliphatic heterocycles. The van der Waals surface area contributed by atoms with Gasteiger partial charge in [0.25, 0.3) is 5.56 Å². The minimum absolute atomic E-state index is 0.101. The first-order valence-electron chi connectivity index (χ1n) is 6.26. The molecular weight excluding hydrogens is 294 g/mol. The SMILES string of the molecule is COc1cc(C=O)cc(Cl)c1OCCn1ccccc1=O. The summed E-state index contributed by atoms with van der Waals surface area (Å²) in [5.74, 6) is 0.735. The first-order valence-corrected chi connectivity index (χ1v) is 6.64. The van der Waals surface area contributed by atoms with Crippen molar-refractivity contribution in [3.63, 3.8) is 0 Å². The number of hydrogen-bond donors (Lipinski definition) is 0. The summed E-state index contributed by atoms with van der Waals surface area (Å²) >= 11 is 6.07. The molecule has 0 unspecified atom stereocenters. The van der Waals surface area contributed by atoms with Crippen LogP contribution in [0.15, 0.2) is 41.3 Å². The van der Waals surface area contributed by atoms with Gasteiger partial charge >= 0.3 is 0 Å². The van der Waals surface area contributed by atoms with Crippen LogP contribution in [0.4, 0.5) is 0 Å². The number of benzene rings is 1. The zero-order chi connectivity index (χ0) is 15.2. The van der Waals surface area contributed by atoms with Gasteiger partial charge in [-0.1, -0.05) is 17.7 Å². The average molecular weight is 308 g/mol. The van der Waals surface area contributed by atoms with Crippen LogP contribution in [-0.2, 0) is 6.54 Å². The van der Waals surface area contributed by atoms with Gasteiger partial charge in [0.15, 0.2) is 11.5 Å². The van der Waals surface area contributed by atoms with Crippen LogP contribution in [0.5, 0.6) is 11.5 Å². The van der Waals surface area contributed by atoms with Crippen LogP contribution in [0.2, 0.25) is 5.02 Å². The number of carbonyl (C=O) groups is 1. The number of nitrogens with zero attached hydrogens (tertiary/aromatic N) is 1. The van der Waals surface area contributed by atoms with Crippen molar-refractivity contribution in [2.75, 3.05) is 13.7 Å². The van der Waals surface area contributed by atoms with E-state index in [1.54, 1.807) is 24.4 Å². The number of aldehydes is 1. The fourth-order valence-electron chi connectivity index (χ4n) is 1.84. The van der Waals surface area contributed by atoms with Crippen molar-refractivity contribution in [2.45, 2.75) is 6.54 Å². The van der Waals surface area contributed by atoms with Crippen molar-refractivity contribution < 1.29 is 14.3 Å². The van der Waals surface area contributed by atoms with Crippen molar-refractivity contribution in [3.05, 3.63) is 57.5 Å². The van der Waals surface area contributed by atoms with E-state index < -0.39 is 0 Å². The summed E-state index contributed by atoms with van der Waals surface area (Å²) in [4.78, 5) is 22.3. The molecule has 0 spiro atoms. The molecule has 0 N–H and O–H groups in total. The molecule has 0 fully saturated rings. The average Bonchev–Trinajstić information content (AvgIpc) is 2.50. The molecule has 1 aromatic carbocycles. The molecule has 0 saturated heterocycles. The van der Waals surface area contributed by atoms with E-state index in [2.05, 4.69) is 0 Å². The molecule has 0 radical (unpaired) electrons. The second kappa shape index (κ2) is 6.95. The van der Waals surface area contributed by atoms with Gasteiger partial charge in [0.05, 0.1) is 18.7 Å². The highest BCUT2D eigenvalue weighted by Crippen LogP contribution is 2.35. The van der Waals surface area contributed by atoms with Gasteiger partial charge in [0, 0.05) is 17.8 Å². The van der Waals surface area contributed by atoms with E-state index in [0.29, 0.717) is 29.9 Å². The predicted octanol–water partition coefficient (Wildman–Crippen LogP) is 2.40. The summed E-state index contributed by atoms with van der Waals surface area (Å²) in [5.41, 5.74) is 0.305. The third kappa shape index (κ3) is 3.64. The normalized spacial score (nSPS) is 10.2. The van der Waals surface area contributed by atoms with E-state index in [0.717, 1.165) is 0 Å². The highest BCUT2D eigenvalue weighted by molar-refractivity contribution is 6.32. The van der Waals surface area contributed by atoms with E-state index in [-0.39, 0.29) is 17.2 Å². The Bertz CT molecular complexity index is 696. The number of hydrogen-bond acceptors (Lipinski definition) is 4. The van der Waals surface area contributed by atoms with Crippen molar-refractivity contribution in [3.8, 4) is 11.5 Å². The Morgan fingerprint density at radius 2 is 2.14 bits per heavy atom. The Morgan fingerprint density at radius 1 is 1.33 bits per heavy atom. The molecule has 0 bridgehead atoms. The molecule has 2 aromatic rings. The molecule has 5 nitrogen and oxygen atoms in total. The van der Waals surface area contributed by atoms with Crippen LogP contribution in [0.25, 0.3) is 0 Å². The van der Waals surface area contributed by atoms with Crippen molar-refractivity contribution in [1.82, 2.24) is 4.57 Å². The van der Waals surface area contributed by atoms with Gasteiger partial charge in [0.2, 0.25) is 0 Å². The quantitative estimate of drug-likeness (QED) is 0.769. The number of halogens is 1. The lowest BCUT2D eigenvalue weighted by Gasteiger charge is -2.13. The third-order valence-corrected chi connectivity index (χ3v) is 3.15. The largest absolute Gasteiger partial charge is 0.493 e. The Morgan fingerprint density at radius 3 is 2.81 bits per heavy atom. The van der Waals surface area contributed by atoms with Gasteiger partial charge in [0.1, 0.15) is 12.9 Å². The standard InChI is InChI=1S/C15H14ClNO4/c1-20-13-9-11(10-18)8-12(16)15(13)21-7-6-17-5-3-2-4-14(17)19/h2-5,8-10H,6-7H2,1H3. The number of methoxy groups -OCH3 is 1. The van der Waals surface area contributed by atoms with Gasteiger partial charge in [-0.3, -0.25) is 9.59 Å². The van der Waals surface area contributed by atoms with E-state index in [9.17, 15) is 9.59 Å². The molecule has 1 aromatic heterocycles. The minimum atomic E-state index is -0.101. The Balaban J connectivity index is 2.11. The summed E-state index contributed by atoms with van der Waals surface area (Å²) in [6, 6.07) is 7.97. The topological polar surface area (TPSA) is 57.5 Å². The monoisotopic (exact) mass is 307 g/mol. The van der Waals surface area contributed by atoms with E-state index in [1.807, 2.05) is 0 Å². The zero-order valence-corrected chi connectivity index (χ0v) is 12.2. The highest BCUT2D eigenvalue weighted by Gasteiger charge is 2.12. The molecule has 0 amide bonds. The molecule has 21 heavy (non-hydrogen) atoms. The van der Waals surface area contributed by atoms with Crippen LogP contribution in [0.1, 0.15) is 10.4 Å². The van der Waals surface area contributed by atoms with Gasteiger partial charge in [-0.05, 0) is 18.2 Å². The zero-order valence-electron chi connectivity index (χ0n) is 11.4. The van der Waals surface area contributed by atoms with Crippen molar-refractivity contribution in [2.24, 2.45) is 0 Å². The second-order valence-electron chi connectivity index (χ2n) is 4.23. The fourth-order valence-corrected chi connectivity index (χ4v) is 2.11. The van der Waals surface area contributed by atoms with Crippen LogP contribution >= 0.6 is 11.6 Å². The smallest absolute Gasteiger partial charge is 0.250 e. The number of ether oxygens (including phenoxy) is 2. The third-order valence-electron chi connectivity index (χ3n) is 2.87. The molecule has 0 aliphatic carbocycles. The lowest BCUT2D eigenvalue weighted by molar-refractivity contribution is 0.112. The van der Waals surface area contributed by atoms with Crippen LogP contribution in [0.3, 0.4) is 0 Å². The maximum atomic E-state index is 11.6. The molecule has 0 atom stereocenters. The summed E-state index contributed by atoms with van der Waals surface area (Å²) in [5, 5.41) is 0.289. The number of aromatic nitrogens is 1. The summed E-state index contributed by atoms with van der Waals surface area (Å²) < 4.78 is 12.3. The van der Waals surface area contributed by atoms with Gasteiger partial charge in [-0.25, -0.2) is 0 Å². The van der Waals surface area contributed by atoms with Crippen LogP contribution in [0, 0.1) is 0 Å². The summed E-state index contributed by atoms with van der Waals surface area (Å²) in [6.07, 6.45) is 2.36. The fraction of sp³-hybridized carbons (Fsp3) is 0.200. The van der Waals surface area contributed by atoms with E-state index >= 15 is 0 Å². The number of pyridine rings is 1. The highest BCUT2D eigenvalue weighted by atomic mass is 35.5. The summed E-state index contributed by atoms with van der Waals surface area (Å²) in [7, 11) is 1.47. The van der Waals surface area contributed by atoms with Crippen molar-refractivity contribution in [1.29, 1.82) is 0 Å². The molecule has 1 heterocycles. The van der Waals surface area contributed by atoms with Gasteiger partial charge in [-0.15, -0.1) is 0 Å². The Hall–Kier alpha value is -2.27. The summed E-state index contributed by atoms with van der Waals surface area (Å²) in [6.45, 7) is 0.634. The molecule has 0 aliphatic rings. The van der Waals surface area contributed by atoms with E-state index in [1.165, 1.54) is 23.8 Å². The molecule has 2 rings (SSSR count). The number of carbonyl (C=O) groups excluding carboxylic acids is 1. The maximum Gasteiger partial charge on any atom is 0.250 e. The lowest BCUT2D eigenvalue weighted by Crippen LogP contribution is -2.21. The second-order valence-corrected chi connectivity index (χ2v) is 4.64. The van der Waals surface area contributed by atoms with Crippen LogP contribution < -0.4 is 15.0 Å². The van der Waals surface area contributed by atoms with Gasteiger partial charge < -0.3 is 14.0 Å². The predicted molar refractivity (Wildman–Crippen MR) is 79.6 cm³/mol. The molecule has 110 valence electrons. The molecular formula is C15H14ClNO4. The van der Waals surface area contributed by atoms with E-state index in [4.69, 9.17) is 21.1 Å². The first kappa shape index (κ1) is 15.1.